The van der Waals surface area contributed by atoms with E-state index in [1.54, 1.807) is 19.5 Å². The highest BCUT2D eigenvalue weighted by Crippen LogP contribution is 2.40. The molecule has 236 valence electrons. The van der Waals surface area contributed by atoms with Crippen molar-refractivity contribution in [2.75, 3.05) is 25.5 Å². The van der Waals surface area contributed by atoms with Gasteiger partial charge in [-0.2, -0.15) is 5.10 Å². The van der Waals surface area contributed by atoms with Crippen LogP contribution in [0.4, 0.5) is 20.2 Å². The predicted molar refractivity (Wildman–Crippen MR) is 171 cm³/mol. The van der Waals surface area contributed by atoms with E-state index in [0.29, 0.717) is 34.4 Å². The third-order valence-corrected chi connectivity index (χ3v) is 9.31. The lowest BCUT2D eigenvalue weighted by Gasteiger charge is -2.32. The zero-order chi connectivity index (χ0) is 31.2. The second kappa shape index (κ2) is 11.8. The third-order valence-electron chi connectivity index (χ3n) is 9.31. The Hall–Kier alpha value is -4.41. The molecule has 1 amide bonds. The van der Waals surface area contributed by atoms with Crippen LogP contribution < -0.4 is 10.1 Å². The summed E-state index contributed by atoms with van der Waals surface area (Å²) in [6, 6.07) is 12.0. The maximum atomic E-state index is 13.7. The lowest BCUT2D eigenvalue weighted by Crippen LogP contribution is -2.39. The number of aryl methyl sites for hydroxylation is 1. The fraction of sp³-hybridized carbons (Fsp3) is 0.441. The Morgan fingerprint density at radius 2 is 1.98 bits per heavy atom. The minimum absolute atomic E-state index is 0.0241. The number of imidazole rings is 1. The SMILES string of the molecule is CC[C@@H]1CCCN(C(=O)c2cc(OC)c3c(c2)nc(-c2cc4cccc(Nc5cnn(CC(F)F)c5)c4n2CC2CC2)n3C)C1. The number of carbonyl (C=O) groups is 1. The van der Waals surface area contributed by atoms with Crippen molar-refractivity contribution in [1.82, 2.24) is 28.8 Å². The Morgan fingerprint density at radius 3 is 2.73 bits per heavy atom. The molecule has 1 aliphatic carbocycles. The molecule has 4 heterocycles. The van der Waals surface area contributed by atoms with Crippen molar-refractivity contribution in [1.29, 1.82) is 0 Å². The van der Waals surface area contributed by atoms with E-state index in [1.165, 1.54) is 23.9 Å². The summed E-state index contributed by atoms with van der Waals surface area (Å²) in [6.07, 6.45) is 6.31. The number of aromatic nitrogens is 5. The van der Waals surface area contributed by atoms with Gasteiger partial charge < -0.3 is 24.1 Å². The number of amides is 1. The van der Waals surface area contributed by atoms with Crippen LogP contribution in [0.2, 0.25) is 0 Å². The number of nitrogens with one attached hydrogen (secondary N) is 1. The van der Waals surface area contributed by atoms with Crippen LogP contribution in [-0.4, -0.2) is 61.3 Å². The second-order valence-electron chi connectivity index (χ2n) is 12.5. The van der Waals surface area contributed by atoms with Crippen molar-refractivity contribution < 1.29 is 18.3 Å². The first kappa shape index (κ1) is 29.3. The first-order valence-corrected chi connectivity index (χ1v) is 15.9. The third kappa shape index (κ3) is 5.64. The Balaban J connectivity index is 1.30. The summed E-state index contributed by atoms with van der Waals surface area (Å²) in [6.45, 7) is 4.13. The molecular weight excluding hydrogens is 576 g/mol. The van der Waals surface area contributed by atoms with Crippen LogP contribution in [0.1, 0.15) is 49.4 Å². The van der Waals surface area contributed by atoms with E-state index in [9.17, 15) is 13.6 Å². The van der Waals surface area contributed by atoms with Gasteiger partial charge in [0.1, 0.15) is 17.8 Å². The Morgan fingerprint density at radius 1 is 1.13 bits per heavy atom. The summed E-state index contributed by atoms with van der Waals surface area (Å²) < 4.78 is 37.3. The summed E-state index contributed by atoms with van der Waals surface area (Å²) in [5.74, 6) is 2.54. The van der Waals surface area contributed by atoms with Gasteiger partial charge in [0.05, 0.1) is 41.4 Å². The smallest absolute Gasteiger partial charge is 0.257 e. The van der Waals surface area contributed by atoms with E-state index >= 15 is 0 Å². The largest absolute Gasteiger partial charge is 0.494 e. The van der Waals surface area contributed by atoms with E-state index in [-0.39, 0.29) is 5.91 Å². The number of nitrogens with zero attached hydrogens (tertiary/aromatic N) is 6. The zero-order valence-electron chi connectivity index (χ0n) is 26.0. The van der Waals surface area contributed by atoms with E-state index < -0.39 is 13.0 Å². The number of hydrogen-bond donors (Lipinski definition) is 1. The molecule has 1 saturated carbocycles. The molecular formula is C34H39F2N7O2. The van der Waals surface area contributed by atoms with Crippen molar-refractivity contribution in [2.24, 2.45) is 18.9 Å². The number of methoxy groups -OCH3 is 1. The van der Waals surface area contributed by atoms with E-state index in [4.69, 9.17) is 9.72 Å². The van der Waals surface area contributed by atoms with Crippen molar-refractivity contribution >= 4 is 39.2 Å². The second-order valence-corrected chi connectivity index (χ2v) is 12.5. The van der Waals surface area contributed by atoms with Crippen molar-refractivity contribution in [3.63, 3.8) is 0 Å². The van der Waals surface area contributed by atoms with Gasteiger partial charge >= 0.3 is 0 Å². The van der Waals surface area contributed by atoms with E-state index in [1.807, 2.05) is 36.2 Å². The molecule has 1 aliphatic heterocycles. The van der Waals surface area contributed by atoms with E-state index in [0.717, 1.165) is 66.1 Å². The molecule has 9 nitrogen and oxygen atoms in total. The number of ether oxygens (including phenoxy) is 1. The molecule has 2 fully saturated rings. The van der Waals surface area contributed by atoms with Gasteiger partial charge in [0.25, 0.3) is 12.3 Å². The summed E-state index contributed by atoms with van der Waals surface area (Å²) in [4.78, 5) is 20.8. The van der Waals surface area contributed by atoms with Crippen LogP contribution in [0.15, 0.2) is 48.8 Å². The fourth-order valence-corrected chi connectivity index (χ4v) is 6.77. The molecule has 0 unspecified atom stereocenters. The lowest BCUT2D eigenvalue weighted by atomic mass is 9.95. The number of hydrogen-bond acceptors (Lipinski definition) is 5. The molecule has 2 aliphatic rings. The Bertz CT molecular complexity index is 1870. The van der Waals surface area contributed by atoms with Crippen LogP contribution in [0.5, 0.6) is 5.75 Å². The van der Waals surface area contributed by atoms with E-state index in [2.05, 4.69) is 38.6 Å². The molecule has 0 bridgehead atoms. The Kier molecular flexibility index (Phi) is 7.71. The van der Waals surface area contributed by atoms with Crippen LogP contribution in [-0.2, 0) is 20.1 Å². The minimum Gasteiger partial charge on any atom is -0.494 e. The number of para-hydroxylation sites is 1. The van der Waals surface area contributed by atoms with Crippen molar-refractivity contribution in [3.05, 3.63) is 54.4 Å². The molecule has 11 heteroatoms. The monoisotopic (exact) mass is 615 g/mol. The summed E-state index contributed by atoms with van der Waals surface area (Å²) in [5, 5.41) is 8.55. The molecule has 1 saturated heterocycles. The number of carbonyl (C=O) groups excluding carboxylic acids is 1. The van der Waals surface area contributed by atoms with Gasteiger partial charge in [0, 0.05) is 43.8 Å². The molecule has 45 heavy (non-hydrogen) atoms. The van der Waals surface area contributed by atoms with Gasteiger partial charge in [-0.15, -0.1) is 0 Å². The maximum Gasteiger partial charge on any atom is 0.257 e. The molecule has 0 radical (unpaired) electrons. The molecule has 5 aromatic rings. The summed E-state index contributed by atoms with van der Waals surface area (Å²) in [7, 11) is 3.62. The number of benzene rings is 2. The average molecular weight is 616 g/mol. The van der Waals surface area contributed by atoms with Gasteiger partial charge in [-0.1, -0.05) is 25.5 Å². The van der Waals surface area contributed by atoms with Crippen LogP contribution in [0.3, 0.4) is 0 Å². The van der Waals surface area contributed by atoms with Gasteiger partial charge in [-0.25, -0.2) is 13.8 Å². The molecule has 1 atom stereocenters. The molecule has 2 aromatic carbocycles. The van der Waals surface area contributed by atoms with Gasteiger partial charge in [0.15, 0.2) is 5.82 Å². The number of likely N-dealkylation sites (tertiary alicyclic amines) is 1. The van der Waals surface area contributed by atoms with Gasteiger partial charge in [0.2, 0.25) is 0 Å². The van der Waals surface area contributed by atoms with Crippen molar-refractivity contribution in [2.45, 2.75) is 58.5 Å². The number of piperidine rings is 1. The van der Waals surface area contributed by atoms with Crippen LogP contribution >= 0.6 is 0 Å². The number of anilines is 2. The summed E-state index contributed by atoms with van der Waals surface area (Å²) >= 11 is 0. The molecule has 0 spiro atoms. The molecule has 1 N–H and O–H groups in total. The highest BCUT2D eigenvalue weighted by Gasteiger charge is 2.28. The first-order valence-electron chi connectivity index (χ1n) is 15.9. The number of fused-ring (bicyclic) bond motifs is 2. The normalized spacial score (nSPS) is 17.1. The molecule has 3 aromatic heterocycles. The Labute approximate surface area is 260 Å². The minimum atomic E-state index is -2.47. The highest BCUT2D eigenvalue weighted by atomic mass is 19.3. The average Bonchev–Trinajstić information content (AvgIpc) is 3.49. The fourth-order valence-electron chi connectivity index (χ4n) is 6.77. The van der Waals surface area contributed by atoms with Gasteiger partial charge in [-0.3, -0.25) is 9.48 Å². The standard InChI is InChI=1S/C34H39F2N7O2/c1-4-21-7-6-12-41(17-21)34(44)24-13-27-32(29(15-24)45-3)40(2)33(39-27)28-14-23-8-5-9-26(31(23)43(28)18-22-10-11-22)38-25-16-37-42(19-25)20-30(35)36/h5,8-9,13-16,19,21-22,30,38H,4,6-7,10-12,17-18,20H2,1-3H3/t21-/m1/s1. The van der Waals surface area contributed by atoms with Crippen molar-refractivity contribution in [3.8, 4) is 17.3 Å². The topological polar surface area (TPSA) is 82.1 Å². The zero-order valence-corrected chi connectivity index (χ0v) is 26.0. The predicted octanol–water partition coefficient (Wildman–Crippen LogP) is 7.08. The quantitative estimate of drug-likeness (QED) is 0.182. The number of alkyl halides is 2. The summed E-state index contributed by atoms with van der Waals surface area (Å²) in [5.41, 5.74) is 5.65. The lowest BCUT2D eigenvalue weighted by molar-refractivity contribution is 0.0671. The van der Waals surface area contributed by atoms with Crippen LogP contribution in [0, 0.1) is 11.8 Å². The maximum absolute atomic E-state index is 13.7. The highest BCUT2D eigenvalue weighted by molar-refractivity contribution is 6.01. The first-order chi connectivity index (χ1) is 21.8. The number of rotatable bonds is 10. The van der Waals surface area contributed by atoms with Gasteiger partial charge in [-0.05, 0) is 61.8 Å². The van der Waals surface area contributed by atoms with Crippen LogP contribution in [0.25, 0.3) is 33.5 Å². The molecule has 7 rings (SSSR count). The number of halogens is 2.